The van der Waals surface area contributed by atoms with Crippen LogP contribution in [0.4, 0.5) is 5.69 Å². The van der Waals surface area contributed by atoms with Crippen LogP contribution in [0.3, 0.4) is 0 Å². The average Bonchev–Trinajstić information content (AvgIpc) is 3.31. The smallest absolute Gasteiger partial charge is 0.255 e. The molecule has 8 heteroatoms. The van der Waals surface area contributed by atoms with Crippen molar-refractivity contribution < 1.29 is 4.79 Å². The van der Waals surface area contributed by atoms with E-state index in [0.29, 0.717) is 34.6 Å². The van der Waals surface area contributed by atoms with E-state index < -0.39 is 0 Å². The summed E-state index contributed by atoms with van der Waals surface area (Å²) >= 11 is 0. The summed E-state index contributed by atoms with van der Waals surface area (Å²) in [7, 11) is 0. The Morgan fingerprint density at radius 2 is 1.97 bits per heavy atom. The molecule has 2 N–H and O–H groups in total. The number of fused-ring (bicyclic) bond motifs is 1. The molecule has 0 aliphatic heterocycles. The van der Waals surface area contributed by atoms with Crippen LogP contribution in [-0.4, -0.2) is 37.7 Å². The van der Waals surface area contributed by atoms with Crippen molar-refractivity contribution in [3.63, 3.8) is 0 Å². The van der Waals surface area contributed by atoms with E-state index in [4.69, 9.17) is 5.26 Å². The number of hydrogen-bond acceptors (Lipinski definition) is 6. The number of carbonyl (C=O) groups excluding carboxylic acids is 1. The molecule has 0 radical (unpaired) electrons. The molecule has 8 nitrogen and oxygen atoms in total. The van der Waals surface area contributed by atoms with Crippen LogP contribution in [0.15, 0.2) is 30.7 Å². The topological polar surface area (TPSA) is 109 Å². The van der Waals surface area contributed by atoms with Crippen molar-refractivity contribution in [2.24, 2.45) is 5.92 Å². The number of carbonyl (C=O) groups is 1. The van der Waals surface area contributed by atoms with Crippen molar-refractivity contribution >= 4 is 22.6 Å². The van der Waals surface area contributed by atoms with Crippen LogP contribution in [0.1, 0.15) is 54.9 Å². The lowest BCUT2D eigenvalue weighted by molar-refractivity contribution is 0.0937. The van der Waals surface area contributed by atoms with Crippen LogP contribution >= 0.6 is 0 Å². The second-order valence-electron chi connectivity index (χ2n) is 8.40. The van der Waals surface area contributed by atoms with E-state index in [1.807, 2.05) is 6.07 Å². The Bertz CT molecular complexity index is 1160. The molecule has 3 aromatic rings. The van der Waals surface area contributed by atoms with Crippen molar-refractivity contribution in [3.8, 4) is 11.9 Å². The molecule has 3 aromatic heterocycles. The Morgan fingerprint density at radius 3 is 2.70 bits per heavy atom. The van der Waals surface area contributed by atoms with Gasteiger partial charge in [-0.25, -0.2) is 9.97 Å². The summed E-state index contributed by atoms with van der Waals surface area (Å²) in [5, 5.41) is 20.9. The number of nitriles is 1. The normalized spacial score (nSPS) is 20.8. The fraction of sp³-hybridized carbons (Fsp3) is 0.409. The van der Waals surface area contributed by atoms with Crippen LogP contribution in [0.5, 0.6) is 0 Å². The van der Waals surface area contributed by atoms with Gasteiger partial charge in [0.15, 0.2) is 11.5 Å². The summed E-state index contributed by atoms with van der Waals surface area (Å²) < 4.78 is 1.63. The summed E-state index contributed by atoms with van der Waals surface area (Å²) in [5.41, 5.74) is 2.43. The number of anilines is 1. The van der Waals surface area contributed by atoms with Gasteiger partial charge >= 0.3 is 0 Å². The fourth-order valence-electron chi connectivity index (χ4n) is 4.06. The number of pyridine rings is 2. The fourth-order valence-corrected chi connectivity index (χ4v) is 4.06. The monoisotopic (exact) mass is 401 g/mol. The predicted octanol–water partition coefficient (Wildman–Crippen LogP) is 3.18. The lowest BCUT2D eigenvalue weighted by atomic mass is 10.1. The Hall–Kier alpha value is -3.47. The molecule has 2 fully saturated rings. The van der Waals surface area contributed by atoms with E-state index in [2.05, 4.69) is 38.7 Å². The molecule has 30 heavy (non-hydrogen) atoms. The van der Waals surface area contributed by atoms with E-state index in [9.17, 15) is 4.79 Å². The zero-order valence-corrected chi connectivity index (χ0v) is 16.8. The van der Waals surface area contributed by atoms with E-state index in [-0.39, 0.29) is 11.9 Å². The highest BCUT2D eigenvalue weighted by atomic mass is 16.1. The zero-order valence-electron chi connectivity index (χ0n) is 16.8. The number of nitrogens with one attached hydrogen (secondary N) is 2. The van der Waals surface area contributed by atoms with Crippen molar-refractivity contribution in [2.45, 2.75) is 51.1 Å². The number of rotatable bonds is 5. The van der Waals surface area contributed by atoms with E-state index >= 15 is 0 Å². The van der Waals surface area contributed by atoms with Crippen LogP contribution in [-0.2, 0) is 0 Å². The van der Waals surface area contributed by atoms with Crippen molar-refractivity contribution in [1.29, 1.82) is 5.26 Å². The largest absolute Gasteiger partial charge is 0.382 e. The van der Waals surface area contributed by atoms with E-state index in [1.54, 1.807) is 23.1 Å². The van der Waals surface area contributed by atoms with Gasteiger partial charge in [0.1, 0.15) is 6.07 Å². The first-order valence-electron chi connectivity index (χ1n) is 10.4. The van der Waals surface area contributed by atoms with Gasteiger partial charge in [0.2, 0.25) is 0 Å². The van der Waals surface area contributed by atoms with Gasteiger partial charge in [0, 0.05) is 35.9 Å². The minimum atomic E-state index is -0.0848. The van der Waals surface area contributed by atoms with Gasteiger partial charge < -0.3 is 10.6 Å². The Morgan fingerprint density at radius 1 is 1.13 bits per heavy atom. The molecule has 2 saturated carbocycles. The molecule has 152 valence electrons. The van der Waals surface area contributed by atoms with Gasteiger partial charge in [-0.15, -0.1) is 0 Å². The molecule has 0 bridgehead atoms. The second-order valence-corrected chi connectivity index (χ2v) is 8.40. The van der Waals surface area contributed by atoms with Gasteiger partial charge in [-0.3, -0.25) is 4.79 Å². The first-order chi connectivity index (χ1) is 14.6. The van der Waals surface area contributed by atoms with E-state index in [0.717, 1.165) is 43.2 Å². The molecular formula is C22H23N7O. The summed E-state index contributed by atoms with van der Waals surface area (Å²) in [5.74, 6) is 1.15. The standard InChI is InChI=1S/C22H23N7O/c1-13-2-3-17(6-13)28-22(30)18-12-24-20(8-19(18)27-16-4-5-16)29-21-15(11-26-29)7-14(9-23)10-25-21/h7-8,10-13,16-17H,2-6H2,1H3,(H,24,27)(H,28,30)/t13-,17-/m0/s1. The van der Waals surface area contributed by atoms with Gasteiger partial charge in [-0.2, -0.15) is 15.0 Å². The maximum atomic E-state index is 13.0. The summed E-state index contributed by atoms with van der Waals surface area (Å²) in [4.78, 5) is 21.8. The highest BCUT2D eigenvalue weighted by molar-refractivity contribution is 6.00. The lowest BCUT2D eigenvalue weighted by Crippen LogP contribution is -2.33. The molecule has 0 aromatic carbocycles. The number of nitrogens with zero attached hydrogens (tertiary/aromatic N) is 5. The number of hydrogen-bond donors (Lipinski definition) is 2. The third-order valence-corrected chi connectivity index (χ3v) is 5.86. The molecule has 5 rings (SSSR count). The van der Waals surface area contributed by atoms with Crippen LogP contribution in [0.2, 0.25) is 0 Å². The summed E-state index contributed by atoms with van der Waals surface area (Å²) in [6.07, 6.45) is 10.2. The highest BCUT2D eigenvalue weighted by Gasteiger charge is 2.27. The van der Waals surface area contributed by atoms with Crippen LogP contribution < -0.4 is 10.6 Å². The first kappa shape index (κ1) is 18.6. The third-order valence-electron chi connectivity index (χ3n) is 5.86. The Balaban J connectivity index is 1.47. The van der Waals surface area contributed by atoms with Gasteiger partial charge in [-0.1, -0.05) is 6.92 Å². The van der Waals surface area contributed by atoms with Crippen molar-refractivity contribution in [1.82, 2.24) is 25.1 Å². The highest BCUT2D eigenvalue weighted by Crippen LogP contribution is 2.29. The molecule has 3 heterocycles. The number of amides is 1. The Labute approximate surface area is 174 Å². The SMILES string of the molecule is C[C@H]1CC[C@H](NC(=O)c2cnc(-n3ncc4cc(C#N)cnc43)cc2NC2CC2)C1. The van der Waals surface area contributed by atoms with Crippen molar-refractivity contribution in [2.75, 3.05) is 5.32 Å². The maximum Gasteiger partial charge on any atom is 0.255 e. The molecule has 0 unspecified atom stereocenters. The molecule has 2 aliphatic carbocycles. The molecule has 0 saturated heterocycles. The first-order valence-corrected chi connectivity index (χ1v) is 10.4. The quantitative estimate of drug-likeness (QED) is 0.680. The number of aromatic nitrogens is 4. The Kier molecular flexibility index (Phi) is 4.58. The van der Waals surface area contributed by atoms with Crippen LogP contribution in [0, 0.1) is 17.2 Å². The van der Waals surface area contributed by atoms with Crippen LogP contribution in [0.25, 0.3) is 16.9 Å². The van der Waals surface area contributed by atoms with Gasteiger partial charge in [-0.05, 0) is 44.1 Å². The van der Waals surface area contributed by atoms with E-state index in [1.165, 1.54) is 6.20 Å². The predicted molar refractivity (Wildman–Crippen MR) is 112 cm³/mol. The molecule has 2 atom stereocenters. The average molecular weight is 401 g/mol. The molecule has 2 aliphatic rings. The minimum Gasteiger partial charge on any atom is -0.382 e. The molecule has 1 amide bonds. The minimum absolute atomic E-state index is 0.0848. The molecular weight excluding hydrogens is 378 g/mol. The summed E-state index contributed by atoms with van der Waals surface area (Å²) in [6.45, 7) is 2.23. The molecule has 0 spiro atoms. The lowest BCUT2D eigenvalue weighted by Gasteiger charge is -2.16. The third kappa shape index (κ3) is 3.59. The summed E-state index contributed by atoms with van der Waals surface area (Å²) in [6, 6.07) is 6.32. The maximum absolute atomic E-state index is 13.0. The van der Waals surface area contributed by atoms with Crippen molar-refractivity contribution in [3.05, 3.63) is 41.9 Å². The zero-order chi connectivity index (χ0) is 20.7. The van der Waals surface area contributed by atoms with Gasteiger partial charge in [0.05, 0.1) is 23.0 Å². The second kappa shape index (κ2) is 7.41. The van der Waals surface area contributed by atoms with Gasteiger partial charge in [0.25, 0.3) is 5.91 Å².